The van der Waals surface area contributed by atoms with Crippen LogP contribution in [0.1, 0.15) is 29.5 Å². The average Bonchev–Trinajstić information content (AvgIpc) is 3.65. The van der Waals surface area contributed by atoms with Gasteiger partial charge in [0.2, 0.25) is 17.6 Å². The number of phenolic OH excluding ortho intramolecular Hbond substituents is 1. The highest BCUT2D eigenvalue weighted by Crippen LogP contribution is 2.61. The first-order chi connectivity index (χ1) is 28.6. The largest absolute Gasteiger partial charge is 0.502 e. The Morgan fingerprint density at radius 2 is 1.47 bits per heavy atom. The predicted molar refractivity (Wildman–Crippen MR) is 222 cm³/mol. The Bertz CT molecular complexity index is 2350. The van der Waals surface area contributed by atoms with Crippen molar-refractivity contribution in [3.05, 3.63) is 125 Å². The number of carbonyl (C=O) groups excluding carboxylic acids is 4. The third-order valence-corrected chi connectivity index (χ3v) is 12.9. The quantitative estimate of drug-likeness (QED) is 0.147. The molecule has 5 aliphatic rings. The first-order valence-electron chi connectivity index (χ1n) is 20.1. The minimum Gasteiger partial charge on any atom is -0.502 e. The summed E-state index contributed by atoms with van der Waals surface area (Å²) in [5.41, 5.74) is 6.97. The molecule has 3 heterocycles. The zero-order chi connectivity index (χ0) is 41.0. The van der Waals surface area contributed by atoms with E-state index in [4.69, 9.17) is 14.2 Å². The van der Waals surface area contributed by atoms with Crippen LogP contribution in [-0.2, 0) is 29.3 Å². The number of fused-ring (bicyclic) bond motifs is 4. The first-order valence-corrected chi connectivity index (χ1v) is 20.1. The van der Waals surface area contributed by atoms with Crippen molar-refractivity contribution in [1.29, 1.82) is 0 Å². The van der Waals surface area contributed by atoms with E-state index < -0.39 is 46.8 Å². The molecule has 1 saturated carbocycles. The zero-order valence-electron chi connectivity index (χ0n) is 33.2. The Labute approximate surface area is 342 Å². The van der Waals surface area contributed by atoms with E-state index in [0.29, 0.717) is 42.1 Å². The van der Waals surface area contributed by atoms with Gasteiger partial charge in [0.05, 0.1) is 62.0 Å². The Hall–Kier alpha value is -6.40. The fourth-order valence-corrected chi connectivity index (χ4v) is 10.1. The van der Waals surface area contributed by atoms with Crippen LogP contribution in [0.5, 0.6) is 17.2 Å². The van der Waals surface area contributed by atoms with Crippen molar-refractivity contribution < 1.29 is 38.5 Å². The lowest BCUT2D eigenvalue weighted by molar-refractivity contribution is -0.139. The van der Waals surface area contributed by atoms with Gasteiger partial charge in [0, 0.05) is 24.7 Å². The van der Waals surface area contributed by atoms with Crippen LogP contribution >= 0.6 is 0 Å². The van der Waals surface area contributed by atoms with E-state index >= 15 is 4.79 Å². The summed E-state index contributed by atoms with van der Waals surface area (Å²) in [6, 6.07) is 27.7. The number of nitrogens with one attached hydrogen (secondary N) is 1. The van der Waals surface area contributed by atoms with Crippen LogP contribution < -0.4 is 24.7 Å². The maximum absolute atomic E-state index is 15.4. The minimum absolute atomic E-state index is 0.147. The highest BCUT2D eigenvalue weighted by molar-refractivity contribution is 6.22. The van der Waals surface area contributed by atoms with E-state index in [2.05, 4.69) is 10.3 Å². The van der Waals surface area contributed by atoms with Crippen LogP contribution in [0.4, 0.5) is 17.1 Å². The zero-order valence-corrected chi connectivity index (χ0v) is 33.2. The number of hydrazine groups is 1. The van der Waals surface area contributed by atoms with Gasteiger partial charge in [-0.1, -0.05) is 71.8 Å². The van der Waals surface area contributed by atoms with Crippen molar-refractivity contribution in [2.75, 3.05) is 55.7 Å². The topological polar surface area (TPSA) is 138 Å². The fraction of sp³-hybridized carbons (Fsp3) is 0.319. The lowest BCUT2D eigenvalue weighted by atomic mass is 9.50. The number of carbonyl (C=O) groups is 4. The van der Waals surface area contributed by atoms with Crippen LogP contribution in [0, 0.1) is 36.5 Å². The number of phenols is 1. The van der Waals surface area contributed by atoms with Gasteiger partial charge in [0.15, 0.2) is 11.5 Å². The second-order valence-corrected chi connectivity index (χ2v) is 15.9. The Balaban J connectivity index is 1.15. The molecule has 0 unspecified atom stereocenters. The van der Waals surface area contributed by atoms with E-state index in [1.54, 1.807) is 12.1 Å². The summed E-state index contributed by atoms with van der Waals surface area (Å²) >= 11 is 0. The highest BCUT2D eigenvalue weighted by atomic mass is 16.5. The summed E-state index contributed by atoms with van der Waals surface area (Å²) < 4.78 is 16.4. The summed E-state index contributed by atoms with van der Waals surface area (Å²) in [6.07, 6.45) is 6.28. The van der Waals surface area contributed by atoms with Gasteiger partial charge in [0.1, 0.15) is 0 Å². The molecule has 0 radical (unpaired) electrons. The minimum atomic E-state index is -1.41. The van der Waals surface area contributed by atoms with Crippen molar-refractivity contribution >= 4 is 46.8 Å². The number of allylic oxidation sites excluding steroid dienone is 3. The maximum Gasteiger partial charge on any atom is 0.260 e. The van der Waals surface area contributed by atoms with Crippen molar-refractivity contribution in [1.82, 2.24) is 5.01 Å². The van der Waals surface area contributed by atoms with E-state index in [-0.39, 0.29) is 35.5 Å². The second kappa shape index (κ2) is 15.1. The van der Waals surface area contributed by atoms with Crippen LogP contribution in [-0.4, -0.2) is 74.3 Å². The molecule has 3 aliphatic heterocycles. The molecule has 9 rings (SSSR count). The molecular weight excluding hydrogens is 749 g/mol. The number of benzene rings is 4. The third-order valence-electron chi connectivity index (χ3n) is 12.9. The summed E-state index contributed by atoms with van der Waals surface area (Å²) in [6.45, 7) is 4.76. The molecule has 4 fully saturated rings. The number of ether oxygens (including phenoxy) is 3. The summed E-state index contributed by atoms with van der Waals surface area (Å²) in [5, 5.41) is 11.8. The number of hydrogen-bond acceptors (Lipinski definition) is 10. The number of amides is 4. The number of hydrogen-bond donors (Lipinski definition) is 2. The Morgan fingerprint density at radius 3 is 2.14 bits per heavy atom. The molecule has 4 aromatic rings. The van der Waals surface area contributed by atoms with Crippen LogP contribution in [0.15, 0.2) is 109 Å². The number of methoxy groups -OCH3 is 2. The number of anilines is 3. The molecule has 12 heteroatoms. The fourth-order valence-electron chi connectivity index (χ4n) is 10.1. The number of nitrogens with zero attached hydrogens (tertiary/aromatic N) is 3. The van der Waals surface area contributed by atoms with Gasteiger partial charge in [-0.2, -0.15) is 5.01 Å². The van der Waals surface area contributed by atoms with Crippen LogP contribution in [0.25, 0.3) is 6.08 Å². The summed E-state index contributed by atoms with van der Waals surface area (Å²) in [5.74, 6) is -4.59. The SMILES string of the molecule is COc1cc(C=C[C@H]2C3=CC[C@@H]4C(=O)N(c5ccc(N6CCOCC6)cc5)C(=O)[C@@H]4[C@@H]3C[C@H]3C(=O)N(Nc4ccc(C)cc4)C(=O)[C@@]23c2ccccc2)cc(OC)c1O. The van der Waals surface area contributed by atoms with E-state index in [0.717, 1.165) is 34.9 Å². The van der Waals surface area contributed by atoms with Gasteiger partial charge in [0.25, 0.3) is 11.8 Å². The van der Waals surface area contributed by atoms with E-state index in [1.165, 1.54) is 19.1 Å². The van der Waals surface area contributed by atoms with Gasteiger partial charge in [-0.05, 0) is 85.3 Å². The molecule has 0 aromatic heterocycles. The van der Waals surface area contributed by atoms with Crippen molar-refractivity contribution in [2.24, 2.45) is 29.6 Å². The molecule has 2 aliphatic carbocycles. The van der Waals surface area contributed by atoms with Crippen LogP contribution in [0.3, 0.4) is 0 Å². The summed E-state index contributed by atoms with van der Waals surface area (Å²) in [7, 11) is 2.90. The first kappa shape index (κ1) is 38.1. The molecule has 6 atom stereocenters. The Morgan fingerprint density at radius 1 is 0.814 bits per heavy atom. The number of aromatic hydroxyl groups is 1. The van der Waals surface area contributed by atoms with Crippen molar-refractivity contribution in [3.63, 3.8) is 0 Å². The number of rotatable bonds is 9. The number of imide groups is 2. The summed E-state index contributed by atoms with van der Waals surface area (Å²) in [4.78, 5) is 63.0. The molecular formula is C47H46N4O8. The predicted octanol–water partition coefficient (Wildman–Crippen LogP) is 6.29. The standard InChI is InChI=1S/C47H46N4O8/c1-28-9-12-31(13-10-28)48-51-44(54)38-27-36-34(18-19-35-41(36)45(55)50(43(35)53)33-16-14-32(15-17-33)49-21-23-59-24-22-49)37(47(38,46(51)56)30-7-5-4-6-8-30)20-11-29-25-39(57-2)42(52)40(26-29)58-3/h4-18,20,25-26,35-38,41,48,52H,19,21-24,27H2,1-3H3/t35-,36+,37-,38-,41-,47-/m0/s1. The van der Waals surface area contributed by atoms with E-state index in [1.807, 2.05) is 104 Å². The molecule has 2 N–H and O–H groups in total. The van der Waals surface area contributed by atoms with Gasteiger partial charge >= 0.3 is 0 Å². The van der Waals surface area contributed by atoms with Gasteiger partial charge in [-0.3, -0.25) is 29.5 Å². The highest BCUT2D eigenvalue weighted by Gasteiger charge is 2.69. The molecule has 12 nitrogen and oxygen atoms in total. The number of morpholine rings is 1. The molecule has 302 valence electrons. The second-order valence-electron chi connectivity index (χ2n) is 15.9. The van der Waals surface area contributed by atoms with Crippen molar-refractivity contribution in [3.8, 4) is 17.2 Å². The van der Waals surface area contributed by atoms with Gasteiger partial charge in [-0.25, -0.2) is 0 Å². The normalized spacial score (nSPS) is 26.5. The van der Waals surface area contributed by atoms with Gasteiger partial charge in [-0.15, -0.1) is 0 Å². The third kappa shape index (κ3) is 6.16. The molecule has 4 aromatic carbocycles. The average molecular weight is 795 g/mol. The van der Waals surface area contributed by atoms with Gasteiger partial charge < -0.3 is 24.2 Å². The molecule has 4 amide bonds. The molecule has 0 bridgehead atoms. The van der Waals surface area contributed by atoms with E-state index in [9.17, 15) is 19.5 Å². The molecule has 59 heavy (non-hydrogen) atoms. The lowest BCUT2D eigenvalue weighted by Gasteiger charge is -2.49. The Kier molecular flexibility index (Phi) is 9.75. The van der Waals surface area contributed by atoms with Crippen LogP contribution in [0.2, 0.25) is 0 Å². The smallest absolute Gasteiger partial charge is 0.260 e. The molecule has 3 saturated heterocycles. The maximum atomic E-state index is 15.4. The monoisotopic (exact) mass is 794 g/mol. The lowest BCUT2D eigenvalue weighted by Crippen LogP contribution is -2.54. The number of aryl methyl sites for hydroxylation is 1. The molecule has 0 spiro atoms. The van der Waals surface area contributed by atoms with Crippen molar-refractivity contribution in [2.45, 2.75) is 25.2 Å².